The van der Waals surface area contributed by atoms with E-state index in [1.54, 1.807) is 41.2 Å². The molecule has 39 heavy (non-hydrogen) atoms. The summed E-state index contributed by atoms with van der Waals surface area (Å²) in [6.07, 6.45) is 6.34. The van der Waals surface area contributed by atoms with Crippen LogP contribution in [0.15, 0.2) is 64.4 Å². The van der Waals surface area contributed by atoms with E-state index in [0.29, 0.717) is 52.2 Å². The number of nitrogens with two attached hydrogens (primary N) is 1. The lowest BCUT2D eigenvalue weighted by Gasteiger charge is -2.28. The molecular weight excluding hydrogens is 590 g/mol. The lowest BCUT2D eigenvalue weighted by Crippen LogP contribution is -2.34. The molecule has 3 aromatic heterocycles. The van der Waals surface area contributed by atoms with Gasteiger partial charge in [-0.2, -0.15) is 0 Å². The summed E-state index contributed by atoms with van der Waals surface area (Å²) in [6, 6.07) is 10.4. The number of pyridine rings is 3. The molecule has 1 saturated heterocycles. The molecule has 12 heteroatoms. The van der Waals surface area contributed by atoms with E-state index in [2.05, 4.69) is 30.8 Å². The van der Waals surface area contributed by atoms with Gasteiger partial charge in [0.05, 0.1) is 34.2 Å². The molecule has 10 nitrogen and oxygen atoms in total. The van der Waals surface area contributed by atoms with E-state index in [-0.39, 0.29) is 17.0 Å². The molecule has 0 aliphatic carbocycles. The molecule has 0 bridgehead atoms. The van der Waals surface area contributed by atoms with Crippen molar-refractivity contribution in [3.63, 3.8) is 0 Å². The van der Waals surface area contributed by atoms with Crippen LogP contribution in [-0.4, -0.2) is 58.0 Å². The van der Waals surface area contributed by atoms with E-state index in [1.807, 2.05) is 6.07 Å². The first-order valence-corrected chi connectivity index (χ1v) is 13.5. The number of benzene rings is 1. The van der Waals surface area contributed by atoms with Crippen molar-refractivity contribution in [1.29, 1.82) is 0 Å². The van der Waals surface area contributed by atoms with Crippen LogP contribution in [0.4, 0.5) is 5.69 Å². The SMILES string of the molecule is NCCOc1cccnc1OC[C@H]1CCCN1c1cc2c(cc1Cl)c(=O)c(C(=O)O)cn2-c1ccc(Br)nc1. The zero-order chi connectivity index (χ0) is 27.5. The van der Waals surface area contributed by atoms with Crippen LogP contribution in [0, 0.1) is 0 Å². The Morgan fingerprint density at radius 3 is 2.82 bits per heavy atom. The van der Waals surface area contributed by atoms with Gasteiger partial charge in [0.15, 0.2) is 5.75 Å². The normalized spacial score (nSPS) is 15.1. The number of fused-ring (bicyclic) bond motifs is 1. The minimum absolute atomic E-state index is 0.0165. The number of nitrogens with zero attached hydrogens (tertiary/aromatic N) is 4. The van der Waals surface area contributed by atoms with Crippen LogP contribution < -0.4 is 25.5 Å². The molecule has 1 atom stereocenters. The van der Waals surface area contributed by atoms with Gasteiger partial charge in [0.1, 0.15) is 23.4 Å². The lowest BCUT2D eigenvalue weighted by atomic mass is 10.1. The van der Waals surface area contributed by atoms with E-state index < -0.39 is 11.4 Å². The quantitative estimate of drug-likeness (QED) is 0.265. The van der Waals surface area contributed by atoms with Crippen LogP contribution in [0.3, 0.4) is 0 Å². The second kappa shape index (κ2) is 11.6. The molecule has 202 valence electrons. The maximum absolute atomic E-state index is 13.1. The minimum Gasteiger partial charge on any atom is -0.487 e. The maximum atomic E-state index is 13.1. The van der Waals surface area contributed by atoms with Gasteiger partial charge in [0.2, 0.25) is 5.43 Å². The summed E-state index contributed by atoms with van der Waals surface area (Å²) in [5.74, 6) is -0.403. The van der Waals surface area contributed by atoms with Gasteiger partial charge >= 0.3 is 5.97 Å². The van der Waals surface area contributed by atoms with Crippen LogP contribution in [0.1, 0.15) is 23.2 Å². The maximum Gasteiger partial charge on any atom is 0.341 e. The molecule has 0 amide bonds. The molecule has 4 aromatic rings. The third-order valence-electron chi connectivity index (χ3n) is 6.50. The Bertz CT molecular complexity index is 1580. The number of halogens is 2. The van der Waals surface area contributed by atoms with Crippen molar-refractivity contribution in [2.24, 2.45) is 5.73 Å². The Balaban J connectivity index is 1.53. The number of aromatic nitrogens is 3. The molecular formula is C27H25BrClN5O5. The zero-order valence-corrected chi connectivity index (χ0v) is 23.1. The van der Waals surface area contributed by atoms with E-state index in [0.717, 1.165) is 25.1 Å². The van der Waals surface area contributed by atoms with Gasteiger partial charge in [0, 0.05) is 30.9 Å². The highest BCUT2D eigenvalue weighted by Crippen LogP contribution is 2.36. The highest BCUT2D eigenvalue weighted by atomic mass is 79.9. The van der Waals surface area contributed by atoms with Gasteiger partial charge in [0.25, 0.3) is 5.88 Å². The Morgan fingerprint density at radius 2 is 2.08 bits per heavy atom. The molecule has 0 unspecified atom stereocenters. The molecule has 1 aliphatic rings. The average Bonchev–Trinajstić information content (AvgIpc) is 3.40. The first-order valence-electron chi connectivity index (χ1n) is 12.3. The standard InChI is InChI=1S/C27H25BrClN5O5/c28-24-6-5-16(13-32-24)34-14-19(27(36)37)25(35)18-11-20(29)22(12-21(18)34)33-9-2-3-17(33)15-39-26-23(38-10-7-30)4-1-8-31-26/h1,4-6,8,11-14,17H,2-3,7,9-10,15,30H2,(H,36,37)/t17-/m1/s1. The van der Waals surface area contributed by atoms with Crippen molar-refractivity contribution in [3.8, 4) is 17.3 Å². The number of hydrogen-bond acceptors (Lipinski definition) is 8. The monoisotopic (exact) mass is 613 g/mol. The van der Waals surface area contributed by atoms with Gasteiger partial charge < -0.3 is 29.8 Å². The van der Waals surface area contributed by atoms with E-state index >= 15 is 0 Å². The van der Waals surface area contributed by atoms with Crippen molar-refractivity contribution in [2.45, 2.75) is 18.9 Å². The van der Waals surface area contributed by atoms with Crippen LogP contribution in [-0.2, 0) is 0 Å². The fourth-order valence-corrected chi connectivity index (χ4v) is 5.20. The number of anilines is 1. The summed E-state index contributed by atoms with van der Waals surface area (Å²) in [5.41, 5.74) is 6.43. The molecule has 3 N–H and O–H groups in total. The van der Waals surface area contributed by atoms with Crippen LogP contribution in [0.25, 0.3) is 16.6 Å². The van der Waals surface area contributed by atoms with Gasteiger partial charge in [-0.05, 0) is 65.2 Å². The number of ether oxygens (including phenoxy) is 2. The van der Waals surface area contributed by atoms with Crippen molar-refractivity contribution in [1.82, 2.24) is 14.5 Å². The van der Waals surface area contributed by atoms with Crippen molar-refractivity contribution < 1.29 is 19.4 Å². The summed E-state index contributed by atoms with van der Waals surface area (Å²) in [6.45, 7) is 1.80. The van der Waals surface area contributed by atoms with Crippen LogP contribution in [0.5, 0.6) is 11.6 Å². The summed E-state index contributed by atoms with van der Waals surface area (Å²) in [7, 11) is 0. The number of hydrogen-bond donors (Lipinski definition) is 2. The first kappa shape index (κ1) is 26.9. The van der Waals surface area contributed by atoms with Crippen LogP contribution >= 0.6 is 27.5 Å². The summed E-state index contributed by atoms with van der Waals surface area (Å²) in [5, 5.41) is 10.2. The lowest BCUT2D eigenvalue weighted by molar-refractivity contribution is 0.0695. The smallest absolute Gasteiger partial charge is 0.341 e. The molecule has 0 radical (unpaired) electrons. The Labute approximate surface area is 237 Å². The van der Waals surface area contributed by atoms with E-state index in [9.17, 15) is 14.7 Å². The van der Waals surface area contributed by atoms with Gasteiger partial charge in [-0.25, -0.2) is 14.8 Å². The molecule has 4 heterocycles. The molecule has 0 spiro atoms. The number of carbonyl (C=O) groups is 1. The predicted octanol–water partition coefficient (Wildman–Crippen LogP) is 4.28. The average molecular weight is 615 g/mol. The third kappa shape index (κ3) is 5.56. The second-order valence-corrected chi connectivity index (χ2v) is 10.2. The van der Waals surface area contributed by atoms with Crippen molar-refractivity contribution in [2.75, 3.05) is 31.2 Å². The molecule has 1 fully saturated rings. The van der Waals surface area contributed by atoms with E-state index in [4.69, 9.17) is 26.8 Å². The number of carboxylic acids is 1. The van der Waals surface area contributed by atoms with Crippen molar-refractivity contribution in [3.05, 3.63) is 80.4 Å². The van der Waals surface area contributed by atoms with Gasteiger partial charge in [-0.3, -0.25) is 4.79 Å². The number of aromatic carboxylic acids is 1. The predicted molar refractivity (Wildman–Crippen MR) is 152 cm³/mol. The Kier molecular flexibility index (Phi) is 8.01. The highest BCUT2D eigenvalue weighted by molar-refractivity contribution is 9.10. The minimum atomic E-state index is -1.32. The third-order valence-corrected chi connectivity index (χ3v) is 7.27. The molecule has 1 aromatic carbocycles. The molecule has 0 saturated carbocycles. The molecule has 1 aliphatic heterocycles. The van der Waals surface area contributed by atoms with E-state index in [1.165, 1.54) is 12.3 Å². The Hall–Kier alpha value is -3.67. The van der Waals surface area contributed by atoms with Gasteiger partial charge in [-0.15, -0.1) is 0 Å². The van der Waals surface area contributed by atoms with Gasteiger partial charge in [-0.1, -0.05) is 11.6 Å². The number of rotatable bonds is 9. The largest absolute Gasteiger partial charge is 0.487 e. The topological polar surface area (TPSA) is 133 Å². The fourth-order valence-electron chi connectivity index (χ4n) is 4.70. The summed E-state index contributed by atoms with van der Waals surface area (Å²) < 4.78 is 14.0. The molecule has 5 rings (SSSR count). The number of carboxylic acid groups (broad SMARTS) is 1. The first-order chi connectivity index (χ1) is 18.9. The highest BCUT2D eigenvalue weighted by Gasteiger charge is 2.29. The van der Waals surface area contributed by atoms with Crippen LogP contribution in [0.2, 0.25) is 5.02 Å². The summed E-state index contributed by atoms with van der Waals surface area (Å²) >= 11 is 10.0. The Morgan fingerprint density at radius 1 is 1.23 bits per heavy atom. The summed E-state index contributed by atoms with van der Waals surface area (Å²) in [4.78, 5) is 35.7. The fraction of sp³-hybridized carbons (Fsp3) is 0.259. The zero-order valence-electron chi connectivity index (χ0n) is 20.7. The van der Waals surface area contributed by atoms with Crippen molar-refractivity contribution >= 4 is 50.1 Å². The second-order valence-electron chi connectivity index (χ2n) is 8.95.